The highest BCUT2D eigenvalue weighted by atomic mass is 32.1. The number of hydrogen-bond donors (Lipinski definition) is 1. The molecule has 136 valence electrons. The van der Waals surface area contributed by atoms with Gasteiger partial charge in [-0.25, -0.2) is 0 Å². The molecule has 1 N–H and O–H groups in total. The summed E-state index contributed by atoms with van der Waals surface area (Å²) in [5.41, 5.74) is 0.903. The summed E-state index contributed by atoms with van der Waals surface area (Å²) >= 11 is 5.19. The van der Waals surface area contributed by atoms with E-state index in [4.69, 9.17) is 21.7 Å². The van der Waals surface area contributed by atoms with Crippen LogP contribution in [0.1, 0.15) is 50.9 Å². The van der Waals surface area contributed by atoms with Gasteiger partial charge in [-0.2, -0.15) is 14.9 Å². The van der Waals surface area contributed by atoms with Gasteiger partial charge in [0, 0.05) is 6.42 Å². The van der Waals surface area contributed by atoms with Crippen LogP contribution in [0.4, 0.5) is 0 Å². The van der Waals surface area contributed by atoms with E-state index in [9.17, 15) is 0 Å². The van der Waals surface area contributed by atoms with Gasteiger partial charge in [0.05, 0.1) is 19.9 Å². The minimum Gasteiger partial charge on any atom is -0.493 e. The SMILES string of the molecule is CCCCCCOc1ccc(/C=N/n2c(CC)n[nH]c2=S)cc1OC. The van der Waals surface area contributed by atoms with Crippen molar-refractivity contribution in [1.82, 2.24) is 14.9 Å². The summed E-state index contributed by atoms with van der Waals surface area (Å²) in [4.78, 5) is 0. The predicted octanol–water partition coefficient (Wildman–Crippen LogP) is 4.35. The molecule has 0 fully saturated rings. The summed E-state index contributed by atoms with van der Waals surface area (Å²) in [5, 5.41) is 11.3. The smallest absolute Gasteiger partial charge is 0.216 e. The largest absolute Gasteiger partial charge is 0.493 e. The van der Waals surface area contributed by atoms with Crippen molar-refractivity contribution in [3.63, 3.8) is 0 Å². The number of methoxy groups -OCH3 is 1. The van der Waals surface area contributed by atoms with E-state index in [2.05, 4.69) is 22.2 Å². The van der Waals surface area contributed by atoms with Crippen LogP contribution in [0, 0.1) is 4.77 Å². The number of aryl methyl sites for hydroxylation is 1. The maximum absolute atomic E-state index is 5.83. The highest BCUT2D eigenvalue weighted by Gasteiger charge is 2.06. The Morgan fingerprint density at radius 3 is 2.80 bits per heavy atom. The van der Waals surface area contributed by atoms with Crippen LogP contribution in [0.5, 0.6) is 11.5 Å². The molecule has 0 amide bonds. The fourth-order valence-corrected chi connectivity index (χ4v) is 2.59. The molecule has 0 radical (unpaired) electrons. The minimum absolute atomic E-state index is 0.479. The number of rotatable bonds is 10. The van der Waals surface area contributed by atoms with Crippen molar-refractivity contribution in [2.75, 3.05) is 13.7 Å². The van der Waals surface area contributed by atoms with Crippen LogP contribution < -0.4 is 9.47 Å². The van der Waals surface area contributed by atoms with Crippen molar-refractivity contribution >= 4 is 18.4 Å². The van der Waals surface area contributed by atoms with Gasteiger partial charge in [0.1, 0.15) is 0 Å². The van der Waals surface area contributed by atoms with Crippen molar-refractivity contribution in [3.8, 4) is 11.5 Å². The molecule has 0 saturated carbocycles. The van der Waals surface area contributed by atoms with Crippen molar-refractivity contribution < 1.29 is 9.47 Å². The Bertz CT molecular complexity index is 752. The first-order chi connectivity index (χ1) is 12.2. The number of hydrogen-bond acceptors (Lipinski definition) is 5. The molecule has 0 unspecified atom stereocenters. The fourth-order valence-electron chi connectivity index (χ4n) is 2.39. The van der Waals surface area contributed by atoms with Gasteiger partial charge in [-0.05, 0) is 42.4 Å². The Kier molecular flexibility index (Phi) is 7.66. The molecule has 0 atom stereocenters. The zero-order chi connectivity index (χ0) is 18.1. The Balaban J connectivity index is 2.06. The third-order valence-electron chi connectivity index (χ3n) is 3.80. The summed E-state index contributed by atoms with van der Waals surface area (Å²) < 4.78 is 13.4. The molecule has 0 spiro atoms. The minimum atomic E-state index is 0.479. The van der Waals surface area contributed by atoms with Crippen LogP contribution in [-0.4, -0.2) is 34.8 Å². The lowest BCUT2D eigenvalue weighted by atomic mass is 10.2. The zero-order valence-corrected chi connectivity index (χ0v) is 15.9. The Hall–Kier alpha value is -2.15. The maximum Gasteiger partial charge on any atom is 0.216 e. The molecule has 0 aliphatic heterocycles. The van der Waals surface area contributed by atoms with Crippen molar-refractivity contribution in [2.24, 2.45) is 5.10 Å². The Morgan fingerprint density at radius 2 is 2.08 bits per heavy atom. The molecule has 6 nitrogen and oxygen atoms in total. The number of aromatic nitrogens is 3. The standard InChI is InChI=1S/C18H26N4O2S/c1-4-6-7-8-11-24-15-10-9-14(12-16(15)23-3)13-19-22-17(5-2)20-21-18(22)25/h9-10,12-13H,4-8,11H2,1-3H3,(H,21,25)/b19-13+. The average Bonchev–Trinajstić information content (AvgIpc) is 3.00. The first-order valence-electron chi connectivity index (χ1n) is 8.71. The number of nitrogens with one attached hydrogen (secondary N) is 1. The van der Waals surface area contributed by atoms with Crippen LogP contribution in [-0.2, 0) is 6.42 Å². The van der Waals surface area contributed by atoms with Crippen molar-refractivity contribution in [3.05, 3.63) is 34.4 Å². The predicted molar refractivity (Wildman–Crippen MR) is 102 cm³/mol. The molecule has 0 aliphatic rings. The third kappa shape index (κ3) is 5.42. The second-order valence-electron chi connectivity index (χ2n) is 5.67. The highest BCUT2D eigenvalue weighted by Crippen LogP contribution is 2.27. The second kappa shape index (κ2) is 9.98. The van der Waals surface area contributed by atoms with Gasteiger partial charge in [-0.1, -0.05) is 33.1 Å². The number of aromatic amines is 1. The molecule has 0 aliphatic carbocycles. The third-order valence-corrected chi connectivity index (χ3v) is 4.06. The number of unbranched alkanes of at least 4 members (excludes halogenated alkanes) is 3. The zero-order valence-electron chi connectivity index (χ0n) is 15.1. The molecule has 0 bridgehead atoms. The van der Waals surface area contributed by atoms with Crippen molar-refractivity contribution in [1.29, 1.82) is 0 Å². The number of H-pyrrole nitrogens is 1. The number of nitrogens with zero attached hydrogens (tertiary/aromatic N) is 3. The van der Waals surface area contributed by atoms with Crippen LogP contribution in [0.2, 0.25) is 0 Å². The molecule has 0 saturated heterocycles. The average molecular weight is 362 g/mol. The summed E-state index contributed by atoms with van der Waals surface area (Å²) in [6, 6.07) is 5.76. The van der Waals surface area contributed by atoms with E-state index in [0.717, 1.165) is 30.0 Å². The van der Waals surface area contributed by atoms with Crippen LogP contribution in [0.3, 0.4) is 0 Å². The van der Waals surface area contributed by atoms with Gasteiger partial charge < -0.3 is 9.47 Å². The Labute approximate surface area is 153 Å². The van der Waals surface area contributed by atoms with E-state index in [1.54, 1.807) is 18.0 Å². The molecular formula is C18H26N4O2S. The van der Waals surface area contributed by atoms with Gasteiger partial charge in [0.25, 0.3) is 0 Å². The summed E-state index contributed by atoms with van der Waals surface area (Å²) in [6.45, 7) is 4.91. The van der Waals surface area contributed by atoms with Gasteiger partial charge >= 0.3 is 0 Å². The Morgan fingerprint density at radius 1 is 1.24 bits per heavy atom. The van der Waals surface area contributed by atoms with E-state index in [0.29, 0.717) is 17.1 Å². The molecule has 1 heterocycles. The van der Waals surface area contributed by atoms with Crippen LogP contribution in [0.15, 0.2) is 23.3 Å². The van der Waals surface area contributed by atoms with E-state index in [1.807, 2.05) is 25.1 Å². The number of ether oxygens (including phenoxy) is 2. The normalized spacial score (nSPS) is 11.2. The molecule has 1 aromatic heterocycles. The maximum atomic E-state index is 5.83. The van der Waals surface area contributed by atoms with E-state index >= 15 is 0 Å². The van der Waals surface area contributed by atoms with Gasteiger partial charge in [-0.3, -0.25) is 5.10 Å². The lowest BCUT2D eigenvalue weighted by Crippen LogP contribution is -2.00. The molecule has 7 heteroatoms. The monoisotopic (exact) mass is 362 g/mol. The van der Waals surface area contributed by atoms with Crippen LogP contribution in [0.25, 0.3) is 0 Å². The lowest BCUT2D eigenvalue weighted by molar-refractivity contribution is 0.285. The quantitative estimate of drug-likeness (QED) is 0.388. The summed E-state index contributed by atoms with van der Waals surface area (Å²) in [5.74, 6) is 2.25. The molecular weight excluding hydrogens is 336 g/mol. The molecule has 2 aromatic rings. The molecule has 25 heavy (non-hydrogen) atoms. The topological polar surface area (TPSA) is 64.4 Å². The van der Waals surface area contributed by atoms with Gasteiger partial charge in [0.15, 0.2) is 17.3 Å². The van der Waals surface area contributed by atoms with Crippen molar-refractivity contribution in [2.45, 2.75) is 46.0 Å². The van der Waals surface area contributed by atoms with Crippen LogP contribution >= 0.6 is 12.2 Å². The first-order valence-corrected chi connectivity index (χ1v) is 9.11. The first kappa shape index (κ1) is 19.2. The summed E-state index contributed by atoms with van der Waals surface area (Å²) in [7, 11) is 1.64. The van der Waals surface area contributed by atoms with E-state index in [1.165, 1.54) is 19.3 Å². The van der Waals surface area contributed by atoms with E-state index < -0.39 is 0 Å². The fraction of sp³-hybridized carbons (Fsp3) is 0.500. The van der Waals surface area contributed by atoms with Gasteiger partial charge in [-0.15, -0.1) is 0 Å². The van der Waals surface area contributed by atoms with Gasteiger partial charge in [0.2, 0.25) is 4.77 Å². The molecule has 1 aromatic carbocycles. The highest BCUT2D eigenvalue weighted by molar-refractivity contribution is 7.71. The number of benzene rings is 1. The second-order valence-corrected chi connectivity index (χ2v) is 6.06. The lowest BCUT2D eigenvalue weighted by Gasteiger charge is -2.11. The van der Waals surface area contributed by atoms with E-state index in [-0.39, 0.29) is 0 Å². The molecule has 2 rings (SSSR count). The summed E-state index contributed by atoms with van der Waals surface area (Å²) in [6.07, 6.45) is 7.19.